The van der Waals surface area contributed by atoms with Crippen molar-refractivity contribution in [2.75, 3.05) is 0 Å². The van der Waals surface area contributed by atoms with Gasteiger partial charge in [-0.2, -0.15) is 0 Å². The number of fused-ring (bicyclic) bond motifs is 1. The van der Waals surface area contributed by atoms with Crippen molar-refractivity contribution in [2.45, 2.75) is 13.3 Å². The molecule has 18 heavy (non-hydrogen) atoms. The van der Waals surface area contributed by atoms with Crippen molar-refractivity contribution in [3.63, 3.8) is 0 Å². The van der Waals surface area contributed by atoms with Gasteiger partial charge in [0.25, 0.3) is 0 Å². The predicted octanol–water partition coefficient (Wildman–Crippen LogP) is 3.62. The molecule has 0 bridgehead atoms. The molecule has 0 unspecified atom stereocenters. The molecule has 0 aliphatic heterocycles. The van der Waals surface area contributed by atoms with Gasteiger partial charge >= 0.3 is 0 Å². The van der Waals surface area contributed by atoms with E-state index in [4.69, 9.17) is 4.42 Å². The first kappa shape index (κ1) is 11.2. The summed E-state index contributed by atoms with van der Waals surface area (Å²) in [6, 6.07) is 9.67. The Balaban J connectivity index is 1.86. The molecule has 0 saturated heterocycles. The predicted molar refractivity (Wildman–Crippen MR) is 71.1 cm³/mol. The highest BCUT2D eigenvalue weighted by atomic mass is 32.1. The number of para-hydroxylation sites is 1. The Bertz CT molecular complexity index is 678. The van der Waals surface area contributed by atoms with Crippen LogP contribution in [0.2, 0.25) is 0 Å². The van der Waals surface area contributed by atoms with Crippen LogP contribution < -0.4 is 0 Å². The van der Waals surface area contributed by atoms with Gasteiger partial charge in [0.2, 0.25) is 0 Å². The number of hydrogen-bond donors (Lipinski definition) is 0. The van der Waals surface area contributed by atoms with Gasteiger partial charge < -0.3 is 4.42 Å². The fraction of sp³-hybridized carbons (Fsp3) is 0.143. The summed E-state index contributed by atoms with van der Waals surface area (Å²) in [5.41, 5.74) is 1.57. The molecule has 4 heteroatoms. The summed E-state index contributed by atoms with van der Waals surface area (Å²) >= 11 is 1.56. The molecule has 2 aromatic heterocycles. The van der Waals surface area contributed by atoms with Crippen molar-refractivity contribution in [2.24, 2.45) is 0 Å². The standard InChI is InChI=1S/C14H11NO2S/c1-9-6-10(8-17-9)12(16)7-14-15-11-4-2-3-5-13(11)18-14/h2-6,8H,7H2,1H3. The van der Waals surface area contributed by atoms with Gasteiger partial charge in [0, 0.05) is 0 Å². The number of hydrogen-bond acceptors (Lipinski definition) is 4. The maximum atomic E-state index is 12.0. The molecule has 90 valence electrons. The smallest absolute Gasteiger partial charge is 0.172 e. The number of Topliss-reactive ketones (excluding diaryl/α,β-unsaturated/α-hetero) is 1. The third kappa shape index (κ3) is 2.07. The Labute approximate surface area is 108 Å². The Morgan fingerprint density at radius 3 is 2.94 bits per heavy atom. The van der Waals surface area contributed by atoms with Crippen molar-refractivity contribution in [3.05, 3.63) is 52.9 Å². The van der Waals surface area contributed by atoms with Crippen molar-refractivity contribution < 1.29 is 9.21 Å². The first-order chi connectivity index (χ1) is 8.72. The van der Waals surface area contributed by atoms with E-state index in [0.717, 1.165) is 21.0 Å². The molecule has 3 aromatic rings. The van der Waals surface area contributed by atoms with E-state index >= 15 is 0 Å². The van der Waals surface area contributed by atoms with E-state index in [1.54, 1.807) is 17.4 Å². The number of ketones is 1. The summed E-state index contributed by atoms with van der Waals surface area (Å²) in [4.78, 5) is 16.5. The lowest BCUT2D eigenvalue weighted by atomic mass is 10.1. The molecule has 0 aliphatic carbocycles. The van der Waals surface area contributed by atoms with Crippen LogP contribution in [0.3, 0.4) is 0 Å². The third-order valence-corrected chi connectivity index (χ3v) is 3.74. The van der Waals surface area contributed by atoms with E-state index < -0.39 is 0 Å². The van der Waals surface area contributed by atoms with Gasteiger partial charge in [-0.1, -0.05) is 12.1 Å². The Morgan fingerprint density at radius 2 is 2.22 bits per heavy atom. The quantitative estimate of drug-likeness (QED) is 0.673. The molecule has 0 N–H and O–H groups in total. The summed E-state index contributed by atoms with van der Waals surface area (Å²) < 4.78 is 6.26. The second-order valence-corrected chi connectivity index (χ2v) is 5.24. The lowest BCUT2D eigenvalue weighted by molar-refractivity contribution is 0.0992. The molecule has 0 spiro atoms. The van der Waals surface area contributed by atoms with Crippen molar-refractivity contribution in [1.29, 1.82) is 0 Å². The molecule has 3 rings (SSSR count). The summed E-state index contributed by atoms with van der Waals surface area (Å²) in [6.07, 6.45) is 1.84. The lowest BCUT2D eigenvalue weighted by Crippen LogP contribution is -2.01. The summed E-state index contributed by atoms with van der Waals surface area (Å²) in [6.45, 7) is 1.83. The van der Waals surface area contributed by atoms with Gasteiger partial charge in [0.15, 0.2) is 5.78 Å². The molecule has 0 amide bonds. The normalized spacial score (nSPS) is 10.9. The molecule has 0 radical (unpaired) electrons. The highest BCUT2D eigenvalue weighted by Crippen LogP contribution is 2.22. The summed E-state index contributed by atoms with van der Waals surface area (Å²) in [5.74, 6) is 0.800. The van der Waals surface area contributed by atoms with Crippen LogP contribution in [0.4, 0.5) is 0 Å². The summed E-state index contributed by atoms with van der Waals surface area (Å²) in [5, 5.41) is 0.847. The topological polar surface area (TPSA) is 43.1 Å². The van der Waals surface area contributed by atoms with Gasteiger partial charge in [-0.05, 0) is 25.1 Å². The highest BCUT2D eigenvalue weighted by Gasteiger charge is 2.12. The second kappa shape index (κ2) is 4.38. The molecular weight excluding hydrogens is 246 g/mol. The minimum Gasteiger partial charge on any atom is -0.469 e. The van der Waals surface area contributed by atoms with Crippen LogP contribution in [-0.4, -0.2) is 10.8 Å². The molecular formula is C14H11NO2S. The number of aromatic nitrogens is 1. The van der Waals surface area contributed by atoms with Gasteiger partial charge in [0.1, 0.15) is 17.0 Å². The molecule has 0 aliphatic rings. The van der Waals surface area contributed by atoms with Crippen LogP contribution >= 0.6 is 11.3 Å². The molecule has 0 atom stereocenters. The van der Waals surface area contributed by atoms with E-state index in [1.165, 1.54) is 6.26 Å². The number of carbonyl (C=O) groups excluding carboxylic acids is 1. The third-order valence-electron chi connectivity index (χ3n) is 2.70. The largest absolute Gasteiger partial charge is 0.469 e. The van der Waals surface area contributed by atoms with Crippen molar-refractivity contribution >= 4 is 27.3 Å². The number of aryl methyl sites for hydroxylation is 1. The molecule has 1 aromatic carbocycles. The van der Waals surface area contributed by atoms with E-state index in [9.17, 15) is 4.79 Å². The van der Waals surface area contributed by atoms with Gasteiger partial charge in [-0.15, -0.1) is 11.3 Å². The molecule has 0 fully saturated rings. The first-order valence-electron chi connectivity index (χ1n) is 5.65. The van der Waals surface area contributed by atoms with Gasteiger partial charge in [0.05, 0.1) is 22.2 Å². The number of carbonyl (C=O) groups is 1. The average Bonchev–Trinajstić information content (AvgIpc) is 2.94. The Morgan fingerprint density at radius 1 is 1.39 bits per heavy atom. The zero-order chi connectivity index (χ0) is 12.5. The van der Waals surface area contributed by atoms with E-state index in [-0.39, 0.29) is 5.78 Å². The molecule has 3 nitrogen and oxygen atoms in total. The van der Waals surface area contributed by atoms with E-state index in [1.807, 2.05) is 31.2 Å². The molecule has 2 heterocycles. The minimum absolute atomic E-state index is 0.0471. The zero-order valence-corrected chi connectivity index (χ0v) is 10.7. The fourth-order valence-electron chi connectivity index (χ4n) is 1.82. The maximum Gasteiger partial charge on any atom is 0.172 e. The van der Waals surface area contributed by atoms with Crippen molar-refractivity contribution in [1.82, 2.24) is 4.98 Å². The number of nitrogens with zero attached hydrogens (tertiary/aromatic N) is 1. The van der Waals surface area contributed by atoms with Crippen LogP contribution in [0, 0.1) is 6.92 Å². The van der Waals surface area contributed by atoms with Crippen LogP contribution in [0.25, 0.3) is 10.2 Å². The van der Waals surface area contributed by atoms with Gasteiger partial charge in [-0.3, -0.25) is 4.79 Å². The first-order valence-corrected chi connectivity index (χ1v) is 6.47. The average molecular weight is 257 g/mol. The minimum atomic E-state index is 0.0471. The highest BCUT2D eigenvalue weighted by molar-refractivity contribution is 7.18. The van der Waals surface area contributed by atoms with E-state index in [0.29, 0.717) is 12.0 Å². The zero-order valence-electron chi connectivity index (χ0n) is 9.84. The SMILES string of the molecule is Cc1cc(C(=O)Cc2nc3ccccc3s2)co1. The monoisotopic (exact) mass is 257 g/mol. The van der Waals surface area contributed by atoms with Crippen LogP contribution in [0.15, 0.2) is 41.0 Å². The Hall–Kier alpha value is -1.94. The number of thiazole rings is 1. The fourth-order valence-corrected chi connectivity index (χ4v) is 2.79. The Kier molecular flexibility index (Phi) is 2.72. The second-order valence-electron chi connectivity index (χ2n) is 4.12. The lowest BCUT2D eigenvalue weighted by Gasteiger charge is -1.92. The van der Waals surface area contributed by atoms with Crippen LogP contribution in [0.5, 0.6) is 0 Å². The summed E-state index contributed by atoms with van der Waals surface area (Å²) in [7, 11) is 0. The van der Waals surface area contributed by atoms with Crippen LogP contribution in [-0.2, 0) is 6.42 Å². The molecule has 0 saturated carbocycles. The number of benzene rings is 1. The van der Waals surface area contributed by atoms with E-state index in [2.05, 4.69) is 4.98 Å². The van der Waals surface area contributed by atoms with Gasteiger partial charge in [-0.25, -0.2) is 4.98 Å². The number of furan rings is 1. The number of rotatable bonds is 3. The van der Waals surface area contributed by atoms with Crippen LogP contribution in [0.1, 0.15) is 21.1 Å². The maximum absolute atomic E-state index is 12.0. The van der Waals surface area contributed by atoms with Crippen molar-refractivity contribution in [3.8, 4) is 0 Å².